The van der Waals surface area contributed by atoms with Gasteiger partial charge >= 0.3 is 5.97 Å². The Balaban J connectivity index is 2.91. The van der Waals surface area contributed by atoms with Gasteiger partial charge in [0.2, 0.25) is 0 Å². The molecular formula is C13H19ClN2O3. The number of carbonyl (C=O) groups is 2. The van der Waals surface area contributed by atoms with Gasteiger partial charge in [0, 0.05) is 12.7 Å². The van der Waals surface area contributed by atoms with E-state index >= 15 is 0 Å². The van der Waals surface area contributed by atoms with Gasteiger partial charge in [0.1, 0.15) is 11.7 Å². The number of aromatic nitrogens is 1. The normalized spacial score (nSPS) is 12.5. The van der Waals surface area contributed by atoms with Crippen LogP contribution in [0.25, 0.3) is 0 Å². The molecule has 0 saturated carbocycles. The van der Waals surface area contributed by atoms with Gasteiger partial charge in [0.15, 0.2) is 0 Å². The van der Waals surface area contributed by atoms with Crippen molar-refractivity contribution < 1.29 is 14.7 Å². The second kappa shape index (κ2) is 6.61. The van der Waals surface area contributed by atoms with E-state index in [2.05, 4.69) is 5.32 Å². The highest BCUT2D eigenvalue weighted by Gasteiger charge is 2.25. The fraction of sp³-hybridized carbons (Fsp3) is 0.538. The van der Waals surface area contributed by atoms with Gasteiger partial charge in [-0.1, -0.05) is 32.4 Å². The number of carbonyl (C=O) groups excluding carboxylic acids is 1. The van der Waals surface area contributed by atoms with Crippen molar-refractivity contribution in [3.63, 3.8) is 0 Å². The van der Waals surface area contributed by atoms with Crippen molar-refractivity contribution in [3.05, 3.63) is 23.0 Å². The molecule has 106 valence electrons. The summed E-state index contributed by atoms with van der Waals surface area (Å²) in [6, 6.07) is 0.641. The first-order valence-corrected chi connectivity index (χ1v) is 6.64. The van der Waals surface area contributed by atoms with Gasteiger partial charge in [0.05, 0.1) is 5.02 Å². The molecule has 0 aromatic carbocycles. The molecule has 1 aromatic rings. The van der Waals surface area contributed by atoms with Crippen LogP contribution in [0.5, 0.6) is 0 Å². The first kappa shape index (κ1) is 15.6. The quantitative estimate of drug-likeness (QED) is 0.843. The van der Waals surface area contributed by atoms with Crippen LogP contribution in [-0.2, 0) is 11.3 Å². The molecule has 6 heteroatoms. The highest BCUT2D eigenvalue weighted by atomic mass is 35.5. The summed E-state index contributed by atoms with van der Waals surface area (Å²) in [5.74, 6) is -1.64. The Bertz CT molecular complexity index is 468. The summed E-state index contributed by atoms with van der Waals surface area (Å²) in [4.78, 5) is 23.2. The van der Waals surface area contributed by atoms with Crippen LogP contribution in [0.2, 0.25) is 5.02 Å². The number of nitrogens with zero attached hydrogens (tertiary/aromatic N) is 1. The fourth-order valence-electron chi connectivity index (χ4n) is 1.82. The zero-order valence-corrected chi connectivity index (χ0v) is 12.1. The van der Waals surface area contributed by atoms with E-state index in [4.69, 9.17) is 16.7 Å². The summed E-state index contributed by atoms with van der Waals surface area (Å²) in [7, 11) is 0. The van der Waals surface area contributed by atoms with Crippen LogP contribution in [0.15, 0.2) is 12.3 Å². The minimum absolute atomic E-state index is 0.188. The zero-order chi connectivity index (χ0) is 14.6. The third-order valence-electron chi connectivity index (χ3n) is 2.78. The molecular weight excluding hydrogens is 268 g/mol. The van der Waals surface area contributed by atoms with Crippen molar-refractivity contribution in [2.45, 2.75) is 39.8 Å². The standard InChI is InChI=1S/C13H19ClN2O3/c1-4-5-16-7-9(14)6-10(16)12(17)15-11(8(2)3)13(18)19/h6-8,11H,4-5H2,1-3H3,(H,15,17)(H,18,19)/t11-/m1/s1. The van der Waals surface area contributed by atoms with Crippen molar-refractivity contribution in [1.82, 2.24) is 9.88 Å². The molecule has 0 unspecified atom stereocenters. The lowest BCUT2D eigenvalue weighted by atomic mass is 10.0. The van der Waals surface area contributed by atoms with Crippen LogP contribution in [0.4, 0.5) is 0 Å². The average Bonchev–Trinajstić information content (AvgIpc) is 2.66. The molecule has 0 radical (unpaired) electrons. The number of halogens is 1. The van der Waals surface area contributed by atoms with Crippen LogP contribution >= 0.6 is 11.6 Å². The summed E-state index contributed by atoms with van der Waals surface area (Å²) >= 11 is 5.89. The molecule has 0 aliphatic rings. The summed E-state index contributed by atoms with van der Waals surface area (Å²) in [6.45, 7) is 6.15. The number of aryl methyl sites for hydroxylation is 1. The summed E-state index contributed by atoms with van der Waals surface area (Å²) in [5.41, 5.74) is 0.388. The van der Waals surface area contributed by atoms with E-state index in [1.807, 2.05) is 6.92 Å². The Morgan fingerprint density at radius 2 is 2.11 bits per heavy atom. The summed E-state index contributed by atoms with van der Waals surface area (Å²) in [6.07, 6.45) is 2.53. The number of hydrogen-bond donors (Lipinski definition) is 2. The minimum Gasteiger partial charge on any atom is -0.480 e. The molecule has 1 atom stereocenters. The van der Waals surface area contributed by atoms with E-state index in [9.17, 15) is 9.59 Å². The first-order valence-electron chi connectivity index (χ1n) is 6.26. The number of aliphatic carboxylic acids is 1. The molecule has 1 heterocycles. The minimum atomic E-state index is -1.04. The smallest absolute Gasteiger partial charge is 0.326 e. The Hall–Kier alpha value is -1.49. The fourth-order valence-corrected chi connectivity index (χ4v) is 2.04. The Kier molecular flexibility index (Phi) is 5.42. The van der Waals surface area contributed by atoms with E-state index in [-0.39, 0.29) is 5.92 Å². The lowest BCUT2D eigenvalue weighted by molar-refractivity contribution is -0.140. The lowest BCUT2D eigenvalue weighted by Crippen LogP contribution is -2.44. The number of carboxylic acids is 1. The van der Waals surface area contributed by atoms with Gasteiger partial charge in [-0.2, -0.15) is 0 Å². The van der Waals surface area contributed by atoms with Crippen LogP contribution in [-0.4, -0.2) is 27.6 Å². The highest BCUT2D eigenvalue weighted by Crippen LogP contribution is 2.15. The van der Waals surface area contributed by atoms with Crippen molar-refractivity contribution in [1.29, 1.82) is 0 Å². The molecule has 0 fully saturated rings. The number of hydrogen-bond acceptors (Lipinski definition) is 2. The topological polar surface area (TPSA) is 71.3 Å². The molecule has 0 aliphatic carbocycles. The van der Waals surface area contributed by atoms with Crippen molar-refractivity contribution in [2.75, 3.05) is 0 Å². The molecule has 0 bridgehead atoms. The highest BCUT2D eigenvalue weighted by molar-refractivity contribution is 6.31. The SMILES string of the molecule is CCCn1cc(Cl)cc1C(=O)N[C@@H](C(=O)O)C(C)C. The molecule has 1 aromatic heterocycles. The van der Waals surface area contributed by atoms with Crippen molar-refractivity contribution in [3.8, 4) is 0 Å². The first-order chi connectivity index (χ1) is 8.86. The van der Waals surface area contributed by atoms with Crippen molar-refractivity contribution in [2.24, 2.45) is 5.92 Å². The lowest BCUT2D eigenvalue weighted by Gasteiger charge is -2.18. The Labute approximate surface area is 117 Å². The Morgan fingerprint density at radius 1 is 1.47 bits per heavy atom. The molecule has 5 nitrogen and oxygen atoms in total. The summed E-state index contributed by atoms with van der Waals surface area (Å²) in [5, 5.41) is 12.1. The van der Waals surface area contributed by atoms with E-state index in [0.717, 1.165) is 6.42 Å². The largest absolute Gasteiger partial charge is 0.480 e. The average molecular weight is 287 g/mol. The number of amides is 1. The van der Waals surface area contributed by atoms with E-state index in [0.29, 0.717) is 17.3 Å². The van der Waals surface area contributed by atoms with Crippen molar-refractivity contribution >= 4 is 23.5 Å². The van der Waals surface area contributed by atoms with Gasteiger partial charge < -0.3 is 15.0 Å². The maximum Gasteiger partial charge on any atom is 0.326 e. The maximum absolute atomic E-state index is 12.1. The van der Waals surface area contributed by atoms with Gasteiger partial charge in [-0.15, -0.1) is 0 Å². The second-order valence-electron chi connectivity index (χ2n) is 4.77. The van der Waals surface area contributed by atoms with Crippen LogP contribution in [0.3, 0.4) is 0 Å². The maximum atomic E-state index is 12.1. The third-order valence-corrected chi connectivity index (χ3v) is 2.99. The number of rotatable bonds is 6. The number of nitrogens with one attached hydrogen (secondary N) is 1. The van der Waals surface area contributed by atoms with Crippen LogP contribution in [0, 0.1) is 5.92 Å². The second-order valence-corrected chi connectivity index (χ2v) is 5.21. The van der Waals surface area contributed by atoms with E-state index in [1.54, 1.807) is 30.7 Å². The monoisotopic (exact) mass is 286 g/mol. The molecule has 0 spiro atoms. The van der Waals surface area contributed by atoms with Gasteiger partial charge in [0.25, 0.3) is 5.91 Å². The molecule has 2 N–H and O–H groups in total. The van der Waals surface area contributed by atoms with Crippen LogP contribution in [0.1, 0.15) is 37.7 Å². The van der Waals surface area contributed by atoms with E-state index < -0.39 is 17.9 Å². The molecule has 0 aliphatic heterocycles. The zero-order valence-electron chi connectivity index (χ0n) is 11.3. The molecule has 0 saturated heterocycles. The Morgan fingerprint density at radius 3 is 2.58 bits per heavy atom. The third kappa shape index (κ3) is 3.99. The number of carboxylic acid groups (broad SMARTS) is 1. The van der Waals surface area contributed by atoms with E-state index in [1.165, 1.54) is 0 Å². The summed E-state index contributed by atoms with van der Waals surface area (Å²) < 4.78 is 1.73. The predicted octanol–water partition coefficient (Wildman–Crippen LogP) is 2.39. The molecule has 1 amide bonds. The van der Waals surface area contributed by atoms with Gasteiger partial charge in [-0.3, -0.25) is 4.79 Å². The van der Waals surface area contributed by atoms with Crippen LogP contribution < -0.4 is 5.32 Å². The molecule has 19 heavy (non-hydrogen) atoms. The van der Waals surface area contributed by atoms with Gasteiger partial charge in [-0.25, -0.2) is 4.79 Å². The van der Waals surface area contributed by atoms with Gasteiger partial charge in [-0.05, 0) is 18.4 Å². The molecule has 1 rings (SSSR count). The predicted molar refractivity (Wildman–Crippen MR) is 73.5 cm³/mol.